The standard InChI is InChI=1S/C13H17ClF3N3/c14-12-2-1-10(9-19-12)11(3-4-13(15,16)17)20-7-5-18-6-8-20/h1-2,9,11,18H,3-8H2/t11-/m1/s1. The molecule has 1 aromatic rings. The number of pyridine rings is 1. The summed E-state index contributed by atoms with van der Waals surface area (Å²) in [7, 11) is 0. The first-order valence-corrected chi connectivity index (χ1v) is 6.96. The number of nitrogens with one attached hydrogen (secondary N) is 1. The van der Waals surface area contributed by atoms with Crippen molar-refractivity contribution in [2.24, 2.45) is 0 Å². The summed E-state index contributed by atoms with van der Waals surface area (Å²) < 4.78 is 37.5. The Morgan fingerprint density at radius 1 is 1.30 bits per heavy atom. The van der Waals surface area contributed by atoms with Gasteiger partial charge in [0.15, 0.2) is 0 Å². The highest BCUT2D eigenvalue weighted by atomic mass is 35.5. The van der Waals surface area contributed by atoms with Crippen molar-refractivity contribution in [1.82, 2.24) is 15.2 Å². The molecule has 1 saturated heterocycles. The zero-order valence-electron chi connectivity index (χ0n) is 11.0. The van der Waals surface area contributed by atoms with E-state index in [1.54, 1.807) is 18.3 Å². The Morgan fingerprint density at radius 2 is 2.00 bits per heavy atom. The number of aromatic nitrogens is 1. The van der Waals surface area contributed by atoms with Crippen LogP contribution in [0.5, 0.6) is 0 Å². The van der Waals surface area contributed by atoms with E-state index in [9.17, 15) is 13.2 Å². The van der Waals surface area contributed by atoms with E-state index in [0.29, 0.717) is 5.15 Å². The first-order chi connectivity index (χ1) is 9.46. The van der Waals surface area contributed by atoms with Crippen molar-refractivity contribution >= 4 is 11.6 Å². The van der Waals surface area contributed by atoms with E-state index in [0.717, 1.165) is 31.7 Å². The SMILES string of the molecule is FC(F)(F)CC[C@H](c1ccc(Cl)nc1)N1CCNCC1. The van der Waals surface area contributed by atoms with Crippen molar-refractivity contribution in [3.8, 4) is 0 Å². The zero-order chi connectivity index (χ0) is 14.6. The number of alkyl halides is 3. The monoisotopic (exact) mass is 307 g/mol. The molecule has 0 unspecified atom stereocenters. The molecule has 2 rings (SSSR count). The van der Waals surface area contributed by atoms with E-state index >= 15 is 0 Å². The molecule has 1 N–H and O–H groups in total. The molecule has 1 aliphatic heterocycles. The van der Waals surface area contributed by atoms with Gasteiger partial charge in [-0.1, -0.05) is 17.7 Å². The summed E-state index contributed by atoms with van der Waals surface area (Å²) in [5.74, 6) is 0. The fraction of sp³-hybridized carbons (Fsp3) is 0.615. The summed E-state index contributed by atoms with van der Waals surface area (Å²) in [5, 5.41) is 3.55. The third-order valence-corrected chi connectivity index (χ3v) is 3.65. The highest BCUT2D eigenvalue weighted by molar-refractivity contribution is 6.29. The van der Waals surface area contributed by atoms with Gasteiger partial charge in [0, 0.05) is 44.8 Å². The van der Waals surface area contributed by atoms with Gasteiger partial charge in [-0.3, -0.25) is 4.90 Å². The van der Waals surface area contributed by atoms with Gasteiger partial charge in [0.1, 0.15) is 5.15 Å². The van der Waals surface area contributed by atoms with E-state index < -0.39 is 12.6 Å². The van der Waals surface area contributed by atoms with Crippen LogP contribution in [-0.2, 0) is 0 Å². The van der Waals surface area contributed by atoms with Gasteiger partial charge in [0.2, 0.25) is 0 Å². The fourth-order valence-electron chi connectivity index (χ4n) is 2.44. The summed E-state index contributed by atoms with van der Waals surface area (Å²) in [5.41, 5.74) is 0.792. The van der Waals surface area contributed by atoms with Crippen molar-refractivity contribution in [2.75, 3.05) is 26.2 Å². The van der Waals surface area contributed by atoms with Crippen LogP contribution in [-0.4, -0.2) is 42.2 Å². The minimum atomic E-state index is -4.13. The molecule has 0 radical (unpaired) electrons. The summed E-state index contributed by atoms with van der Waals surface area (Å²) in [6.07, 6.45) is -3.30. The van der Waals surface area contributed by atoms with Gasteiger partial charge in [0.05, 0.1) is 0 Å². The summed E-state index contributed by atoms with van der Waals surface area (Å²) in [6.45, 7) is 3.07. The molecule has 1 aliphatic rings. The Kier molecular flexibility index (Phi) is 5.23. The number of hydrogen-bond donors (Lipinski definition) is 1. The molecule has 0 amide bonds. The average Bonchev–Trinajstić information content (AvgIpc) is 2.41. The largest absolute Gasteiger partial charge is 0.389 e. The molecule has 0 aromatic carbocycles. The Balaban J connectivity index is 2.12. The Hall–Kier alpha value is -0.850. The highest BCUT2D eigenvalue weighted by Gasteiger charge is 2.31. The van der Waals surface area contributed by atoms with Crippen LogP contribution in [0.4, 0.5) is 13.2 Å². The van der Waals surface area contributed by atoms with Crippen LogP contribution < -0.4 is 5.32 Å². The predicted octanol–water partition coefficient (Wildman–Crippen LogP) is 3.02. The zero-order valence-corrected chi connectivity index (χ0v) is 11.7. The van der Waals surface area contributed by atoms with Gasteiger partial charge in [-0.25, -0.2) is 4.98 Å². The third kappa shape index (κ3) is 4.61. The first kappa shape index (κ1) is 15.5. The highest BCUT2D eigenvalue weighted by Crippen LogP contribution is 2.31. The average molecular weight is 308 g/mol. The smallest absolute Gasteiger partial charge is 0.314 e. The number of nitrogens with zero attached hydrogens (tertiary/aromatic N) is 2. The Bertz CT molecular complexity index is 416. The molecule has 2 heterocycles. The van der Waals surface area contributed by atoms with Gasteiger partial charge in [-0.15, -0.1) is 0 Å². The molecule has 1 fully saturated rings. The molecule has 0 saturated carbocycles. The third-order valence-electron chi connectivity index (χ3n) is 3.43. The lowest BCUT2D eigenvalue weighted by Gasteiger charge is -2.35. The van der Waals surface area contributed by atoms with Crippen LogP contribution in [0, 0.1) is 0 Å². The van der Waals surface area contributed by atoms with E-state index in [1.807, 2.05) is 0 Å². The molecule has 0 bridgehead atoms. The molecule has 112 valence electrons. The van der Waals surface area contributed by atoms with E-state index in [2.05, 4.69) is 15.2 Å². The maximum absolute atomic E-state index is 12.5. The second-order valence-corrected chi connectivity index (χ2v) is 5.26. The molecule has 20 heavy (non-hydrogen) atoms. The van der Waals surface area contributed by atoms with Crippen LogP contribution in [0.25, 0.3) is 0 Å². The summed E-state index contributed by atoms with van der Waals surface area (Å²) in [4.78, 5) is 6.06. The maximum atomic E-state index is 12.5. The van der Waals surface area contributed by atoms with Crippen LogP contribution in [0.3, 0.4) is 0 Å². The lowest BCUT2D eigenvalue weighted by molar-refractivity contribution is -0.138. The summed E-state index contributed by atoms with van der Waals surface area (Å²) >= 11 is 5.74. The quantitative estimate of drug-likeness (QED) is 0.867. The first-order valence-electron chi connectivity index (χ1n) is 6.59. The van der Waals surface area contributed by atoms with Crippen LogP contribution in [0.1, 0.15) is 24.4 Å². The number of hydrogen-bond acceptors (Lipinski definition) is 3. The Morgan fingerprint density at radius 3 is 2.55 bits per heavy atom. The molecule has 1 atom stereocenters. The van der Waals surface area contributed by atoms with E-state index in [4.69, 9.17) is 11.6 Å². The second kappa shape index (κ2) is 6.74. The summed E-state index contributed by atoms with van der Waals surface area (Å²) in [6, 6.07) is 3.13. The van der Waals surface area contributed by atoms with Crippen molar-refractivity contribution in [3.05, 3.63) is 29.0 Å². The van der Waals surface area contributed by atoms with Gasteiger partial charge in [0.25, 0.3) is 0 Å². The second-order valence-electron chi connectivity index (χ2n) is 4.87. The predicted molar refractivity (Wildman–Crippen MR) is 71.7 cm³/mol. The Labute approximate surface area is 121 Å². The molecule has 0 spiro atoms. The minimum absolute atomic E-state index is 0.0484. The molecule has 0 aliphatic carbocycles. The van der Waals surface area contributed by atoms with Crippen LogP contribution in [0.2, 0.25) is 5.15 Å². The van der Waals surface area contributed by atoms with Crippen molar-refractivity contribution in [2.45, 2.75) is 25.1 Å². The van der Waals surface area contributed by atoms with Crippen LogP contribution >= 0.6 is 11.6 Å². The molecule has 3 nitrogen and oxygen atoms in total. The van der Waals surface area contributed by atoms with E-state index in [-0.39, 0.29) is 12.5 Å². The van der Waals surface area contributed by atoms with Gasteiger partial charge >= 0.3 is 6.18 Å². The number of halogens is 4. The molecule has 1 aromatic heterocycles. The van der Waals surface area contributed by atoms with Gasteiger partial charge < -0.3 is 5.32 Å². The van der Waals surface area contributed by atoms with E-state index in [1.165, 1.54) is 0 Å². The number of piperazine rings is 1. The van der Waals surface area contributed by atoms with Crippen molar-refractivity contribution < 1.29 is 13.2 Å². The maximum Gasteiger partial charge on any atom is 0.389 e. The van der Waals surface area contributed by atoms with Crippen molar-refractivity contribution in [3.63, 3.8) is 0 Å². The normalized spacial score (nSPS) is 19.0. The lowest BCUT2D eigenvalue weighted by Crippen LogP contribution is -2.45. The topological polar surface area (TPSA) is 28.2 Å². The van der Waals surface area contributed by atoms with Crippen molar-refractivity contribution in [1.29, 1.82) is 0 Å². The molecule has 7 heteroatoms. The van der Waals surface area contributed by atoms with Crippen LogP contribution in [0.15, 0.2) is 18.3 Å². The van der Waals surface area contributed by atoms with Gasteiger partial charge in [-0.05, 0) is 18.1 Å². The molecular formula is C13H17ClF3N3. The molecular weight excluding hydrogens is 291 g/mol. The van der Waals surface area contributed by atoms with Gasteiger partial charge in [-0.2, -0.15) is 13.2 Å². The minimum Gasteiger partial charge on any atom is -0.314 e. The lowest BCUT2D eigenvalue weighted by atomic mass is 10.0. The number of rotatable bonds is 4. The fourth-order valence-corrected chi connectivity index (χ4v) is 2.55.